The molecule has 1 atom stereocenters. The lowest BCUT2D eigenvalue weighted by atomic mass is 9.92. The van der Waals surface area contributed by atoms with Gasteiger partial charge in [0.25, 0.3) is 0 Å². The Morgan fingerprint density at radius 3 is 2.32 bits per heavy atom. The number of rotatable bonds is 2. The molecule has 2 aromatic carbocycles. The van der Waals surface area contributed by atoms with Crippen molar-refractivity contribution in [1.29, 1.82) is 0 Å². The van der Waals surface area contributed by atoms with Gasteiger partial charge in [-0.1, -0.05) is 35.9 Å². The topological polar surface area (TPSA) is 26.0 Å². The Hall–Kier alpha value is -1.38. The first-order valence-corrected chi connectivity index (χ1v) is 6.57. The highest BCUT2D eigenvalue weighted by molar-refractivity contribution is 6.30. The van der Waals surface area contributed by atoms with E-state index in [1.165, 1.54) is 11.6 Å². The molecule has 100 valence electrons. The highest BCUT2D eigenvalue weighted by atomic mass is 35.5. The maximum atomic E-state index is 14.0. The monoisotopic (exact) mass is 277 g/mol. The zero-order valence-electron chi connectivity index (χ0n) is 11.3. The molecule has 0 spiro atoms. The maximum absolute atomic E-state index is 14.0. The molecule has 3 heteroatoms. The van der Waals surface area contributed by atoms with Crippen LogP contribution in [0.25, 0.3) is 0 Å². The van der Waals surface area contributed by atoms with Crippen molar-refractivity contribution in [3.8, 4) is 0 Å². The second-order valence-electron chi connectivity index (χ2n) is 4.91. The summed E-state index contributed by atoms with van der Waals surface area (Å²) in [6.07, 6.45) is 0. The molecule has 0 radical (unpaired) electrons. The van der Waals surface area contributed by atoms with E-state index in [4.69, 9.17) is 17.3 Å². The van der Waals surface area contributed by atoms with Gasteiger partial charge in [0.05, 0.1) is 11.1 Å². The van der Waals surface area contributed by atoms with E-state index in [9.17, 15) is 4.39 Å². The van der Waals surface area contributed by atoms with Crippen LogP contribution in [0.2, 0.25) is 5.02 Å². The van der Waals surface area contributed by atoms with Gasteiger partial charge in [0.1, 0.15) is 5.82 Å². The predicted octanol–water partition coefficient (Wildman–Crippen LogP) is 4.45. The Kier molecular flexibility index (Phi) is 3.93. The van der Waals surface area contributed by atoms with E-state index in [2.05, 4.69) is 13.0 Å². The van der Waals surface area contributed by atoms with Gasteiger partial charge in [0, 0.05) is 5.56 Å². The summed E-state index contributed by atoms with van der Waals surface area (Å²) in [7, 11) is 0. The van der Waals surface area contributed by atoms with Crippen LogP contribution in [0.4, 0.5) is 4.39 Å². The molecule has 0 aliphatic heterocycles. The van der Waals surface area contributed by atoms with Crippen LogP contribution in [0.3, 0.4) is 0 Å². The lowest BCUT2D eigenvalue weighted by Gasteiger charge is -2.18. The summed E-state index contributed by atoms with van der Waals surface area (Å²) >= 11 is 5.81. The molecule has 2 aromatic rings. The van der Waals surface area contributed by atoms with E-state index in [1.807, 2.05) is 19.9 Å². The first-order chi connectivity index (χ1) is 8.91. The molecule has 0 aliphatic rings. The summed E-state index contributed by atoms with van der Waals surface area (Å²) in [5, 5.41) is 0.106. The third-order valence-electron chi connectivity index (χ3n) is 3.53. The number of benzene rings is 2. The van der Waals surface area contributed by atoms with Gasteiger partial charge in [-0.15, -0.1) is 0 Å². The van der Waals surface area contributed by atoms with Gasteiger partial charge in [0.2, 0.25) is 0 Å². The zero-order chi connectivity index (χ0) is 14.2. The highest BCUT2D eigenvalue weighted by Crippen LogP contribution is 2.29. The first kappa shape index (κ1) is 14.0. The van der Waals surface area contributed by atoms with Crippen LogP contribution in [0.15, 0.2) is 30.3 Å². The molecule has 2 rings (SSSR count). The van der Waals surface area contributed by atoms with Crippen LogP contribution in [-0.2, 0) is 0 Å². The van der Waals surface area contributed by atoms with Crippen LogP contribution < -0.4 is 5.73 Å². The standard InChI is InChI=1S/C16H17ClFN/c1-9-7-11(3)13(8-10(9)2)16(19)12-5-4-6-14(17)15(12)18/h4-8,16H,19H2,1-3H3. The van der Waals surface area contributed by atoms with Crippen molar-refractivity contribution in [3.05, 3.63) is 69.0 Å². The van der Waals surface area contributed by atoms with E-state index in [1.54, 1.807) is 12.1 Å². The molecule has 1 unspecified atom stereocenters. The van der Waals surface area contributed by atoms with E-state index in [0.29, 0.717) is 5.56 Å². The van der Waals surface area contributed by atoms with Gasteiger partial charge in [-0.2, -0.15) is 0 Å². The second kappa shape index (κ2) is 5.32. The first-order valence-electron chi connectivity index (χ1n) is 6.19. The number of aryl methyl sites for hydroxylation is 3. The van der Waals surface area contributed by atoms with E-state index >= 15 is 0 Å². The number of halogens is 2. The molecule has 0 saturated carbocycles. The fourth-order valence-corrected chi connectivity index (χ4v) is 2.43. The average molecular weight is 278 g/mol. The van der Waals surface area contributed by atoms with Crippen LogP contribution >= 0.6 is 11.6 Å². The van der Waals surface area contributed by atoms with E-state index in [-0.39, 0.29) is 5.02 Å². The van der Waals surface area contributed by atoms with Gasteiger partial charge >= 0.3 is 0 Å². The summed E-state index contributed by atoms with van der Waals surface area (Å²) in [6.45, 7) is 6.07. The Morgan fingerprint density at radius 1 is 1.00 bits per heavy atom. The minimum absolute atomic E-state index is 0.106. The molecule has 0 saturated heterocycles. The number of hydrogen-bond acceptors (Lipinski definition) is 1. The van der Waals surface area contributed by atoms with Crippen LogP contribution in [0.5, 0.6) is 0 Å². The number of hydrogen-bond donors (Lipinski definition) is 1. The van der Waals surface area contributed by atoms with Gasteiger partial charge < -0.3 is 5.73 Å². The van der Waals surface area contributed by atoms with Gasteiger partial charge in [-0.05, 0) is 49.1 Å². The van der Waals surface area contributed by atoms with Crippen molar-refractivity contribution in [2.45, 2.75) is 26.8 Å². The summed E-state index contributed by atoms with van der Waals surface area (Å²) in [4.78, 5) is 0. The van der Waals surface area contributed by atoms with Crippen molar-refractivity contribution in [3.63, 3.8) is 0 Å². The van der Waals surface area contributed by atoms with Gasteiger partial charge in [0.15, 0.2) is 0 Å². The normalized spacial score (nSPS) is 12.5. The molecule has 1 nitrogen and oxygen atoms in total. The molecule has 0 bridgehead atoms. The zero-order valence-corrected chi connectivity index (χ0v) is 12.1. The van der Waals surface area contributed by atoms with E-state index < -0.39 is 11.9 Å². The predicted molar refractivity (Wildman–Crippen MR) is 78.1 cm³/mol. The lowest BCUT2D eigenvalue weighted by molar-refractivity contribution is 0.599. The number of nitrogens with two attached hydrogens (primary N) is 1. The Labute approximate surface area is 118 Å². The lowest BCUT2D eigenvalue weighted by Crippen LogP contribution is -2.15. The maximum Gasteiger partial charge on any atom is 0.146 e. The van der Waals surface area contributed by atoms with Crippen molar-refractivity contribution < 1.29 is 4.39 Å². The summed E-state index contributed by atoms with van der Waals surface area (Å²) in [5.74, 6) is -0.436. The van der Waals surface area contributed by atoms with Crippen LogP contribution in [0.1, 0.15) is 33.9 Å². The third-order valence-corrected chi connectivity index (χ3v) is 3.83. The summed E-state index contributed by atoms with van der Waals surface area (Å²) in [6, 6.07) is 8.53. The molecule has 0 fully saturated rings. The van der Waals surface area contributed by atoms with E-state index in [0.717, 1.165) is 16.7 Å². The molecule has 0 aromatic heterocycles. The van der Waals surface area contributed by atoms with Crippen LogP contribution in [0, 0.1) is 26.6 Å². The molecule has 19 heavy (non-hydrogen) atoms. The minimum atomic E-state index is -0.502. The summed E-state index contributed by atoms with van der Waals surface area (Å²) < 4.78 is 14.0. The molecule has 0 heterocycles. The second-order valence-corrected chi connectivity index (χ2v) is 5.32. The SMILES string of the molecule is Cc1cc(C)c(C(N)c2cccc(Cl)c2F)cc1C. The Balaban J connectivity index is 2.53. The van der Waals surface area contributed by atoms with Crippen LogP contribution in [-0.4, -0.2) is 0 Å². The molecule has 2 N–H and O–H groups in total. The molecular weight excluding hydrogens is 261 g/mol. The molecule has 0 amide bonds. The quantitative estimate of drug-likeness (QED) is 0.862. The van der Waals surface area contributed by atoms with Crippen molar-refractivity contribution in [1.82, 2.24) is 0 Å². The highest BCUT2D eigenvalue weighted by Gasteiger charge is 2.17. The minimum Gasteiger partial charge on any atom is -0.320 e. The third kappa shape index (κ3) is 2.65. The molecular formula is C16H17ClFN. The molecule has 0 aliphatic carbocycles. The fraction of sp³-hybridized carbons (Fsp3) is 0.250. The Morgan fingerprint density at radius 2 is 1.63 bits per heavy atom. The average Bonchev–Trinajstić information content (AvgIpc) is 2.36. The van der Waals surface area contributed by atoms with Gasteiger partial charge in [-0.3, -0.25) is 0 Å². The van der Waals surface area contributed by atoms with Gasteiger partial charge in [-0.25, -0.2) is 4.39 Å². The smallest absolute Gasteiger partial charge is 0.146 e. The Bertz CT molecular complexity index is 622. The fourth-order valence-electron chi connectivity index (χ4n) is 2.25. The summed E-state index contributed by atoms with van der Waals surface area (Å²) in [5.41, 5.74) is 11.0. The largest absolute Gasteiger partial charge is 0.320 e. The van der Waals surface area contributed by atoms with Crippen molar-refractivity contribution >= 4 is 11.6 Å². The van der Waals surface area contributed by atoms with Crippen molar-refractivity contribution in [2.24, 2.45) is 5.73 Å². The van der Waals surface area contributed by atoms with Crippen molar-refractivity contribution in [2.75, 3.05) is 0 Å².